The van der Waals surface area contributed by atoms with Gasteiger partial charge in [0.15, 0.2) is 0 Å². The molecule has 1 aromatic carbocycles. The van der Waals surface area contributed by atoms with Gasteiger partial charge in [0.05, 0.1) is 19.7 Å². The van der Waals surface area contributed by atoms with Gasteiger partial charge in [-0.25, -0.2) is 17.9 Å². The van der Waals surface area contributed by atoms with E-state index >= 15 is 0 Å². The number of aliphatic hydroxyl groups is 1. The molecule has 186 valence electrons. The van der Waals surface area contributed by atoms with Crippen molar-refractivity contribution in [2.24, 2.45) is 0 Å². The molecule has 0 saturated heterocycles. The maximum Gasteiger partial charge on any atom is 0.308 e. The maximum atomic E-state index is 12.7. The molecule has 0 aliphatic carbocycles. The van der Waals surface area contributed by atoms with Crippen molar-refractivity contribution in [3.63, 3.8) is 0 Å². The second-order valence-electron chi connectivity index (χ2n) is 7.98. The van der Waals surface area contributed by atoms with Crippen LogP contribution in [0.4, 0.5) is 0 Å². The van der Waals surface area contributed by atoms with E-state index in [1.165, 1.54) is 53.0 Å². The number of benzene rings is 1. The van der Waals surface area contributed by atoms with Gasteiger partial charge in [-0.2, -0.15) is 25.4 Å². The van der Waals surface area contributed by atoms with Gasteiger partial charge < -0.3 is 5.11 Å². The normalized spacial score (nSPS) is 12.8. The first-order chi connectivity index (χ1) is 16.0. The second-order valence-corrected chi connectivity index (χ2v) is 12.0. The van der Waals surface area contributed by atoms with Gasteiger partial charge in [0.2, 0.25) is 0 Å². The van der Waals surface area contributed by atoms with Crippen molar-refractivity contribution in [2.45, 2.75) is 26.2 Å². The average Bonchev–Trinajstić information content (AvgIpc) is 3.44. The summed E-state index contributed by atoms with van der Waals surface area (Å²) < 4.78 is 55.2. The highest BCUT2D eigenvalue weighted by Gasteiger charge is 2.24. The third-order valence-corrected chi connectivity index (χ3v) is 8.63. The Bertz CT molecular complexity index is 1240. The monoisotopic (exact) mass is 511 g/mol. The van der Waals surface area contributed by atoms with E-state index in [0.29, 0.717) is 6.54 Å². The lowest BCUT2D eigenvalue weighted by Crippen LogP contribution is -2.34. The van der Waals surface area contributed by atoms with Gasteiger partial charge in [-0.15, -0.1) is 0 Å². The number of imidazole rings is 2. The highest BCUT2D eigenvalue weighted by molar-refractivity contribution is 7.87. The quantitative estimate of drug-likeness (QED) is 0.383. The van der Waals surface area contributed by atoms with Crippen molar-refractivity contribution >= 4 is 20.4 Å². The van der Waals surface area contributed by atoms with Crippen molar-refractivity contribution in [1.82, 2.24) is 31.4 Å². The second kappa shape index (κ2) is 10.3. The van der Waals surface area contributed by atoms with E-state index in [2.05, 4.69) is 9.97 Å². The van der Waals surface area contributed by atoms with Gasteiger partial charge >= 0.3 is 20.4 Å². The number of aliphatic hydroxyl groups excluding tert-OH is 1. The van der Waals surface area contributed by atoms with Crippen molar-refractivity contribution in [2.75, 3.05) is 28.2 Å². The van der Waals surface area contributed by atoms with E-state index in [1.54, 1.807) is 12.1 Å². The Labute approximate surface area is 200 Å². The molecular formula is C20H29N7O5S2. The lowest BCUT2D eigenvalue weighted by atomic mass is 10.1. The van der Waals surface area contributed by atoms with E-state index < -0.39 is 20.4 Å². The molecule has 0 fully saturated rings. The van der Waals surface area contributed by atoms with Crippen molar-refractivity contribution in [3.05, 3.63) is 71.8 Å². The molecule has 0 amide bonds. The molecule has 0 aliphatic rings. The molecule has 2 aromatic heterocycles. The summed E-state index contributed by atoms with van der Waals surface area (Å²) in [5.41, 5.74) is 1.65. The highest BCUT2D eigenvalue weighted by Crippen LogP contribution is 2.17. The number of aromatic nitrogens is 4. The van der Waals surface area contributed by atoms with Crippen LogP contribution >= 0.6 is 0 Å². The summed E-state index contributed by atoms with van der Waals surface area (Å²) in [6.45, 7) is 0.493. The zero-order chi connectivity index (χ0) is 25.1. The van der Waals surface area contributed by atoms with Crippen LogP contribution in [-0.2, 0) is 46.7 Å². The van der Waals surface area contributed by atoms with E-state index in [-0.39, 0.29) is 31.3 Å². The summed E-state index contributed by atoms with van der Waals surface area (Å²) in [5.74, 6) is 0.545. The molecule has 34 heavy (non-hydrogen) atoms. The molecule has 12 nitrogen and oxygen atoms in total. The van der Waals surface area contributed by atoms with Crippen molar-refractivity contribution in [3.8, 4) is 0 Å². The summed E-state index contributed by atoms with van der Waals surface area (Å²) in [6, 6.07) is 7.29. The predicted molar refractivity (Wildman–Crippen MR) is 126 cm³/mol. The summed E-state index contributed by atoms with van der Waals surface area (Å²) in [5, 5.41) is 9.30. The van der Waals surface area contributed by atoms with Gasteiger partial charge in [-0.3, -0.25) is 4.90 Å². The smallest absolute Gasteiger partial charge is 0.308 e. The molecule has 0 atom stereocenters. The van der Waals surface area contributed by atoms with Gasteiger partial charge in [0.1, 0.15) is 11.6 Å². The Hall–Kier alpha value is -2.62. The topological polar surface area (TPSA) is 134 Å². The van der Waals surface area contributed by atoms with Gasteiger partial charge in [0, 0.05) is 59.5 Å². The summed E-state index contributed by atoms with van der Waals surface area (Å²) >= 11 is 0. The fourth-order valence-corrected chi connectivity index (χ4v) is 5.08. The molecule has 2 heterocycles. The van der Waals surface area contributed by atoms with Gasteiger partial charge in [-0.05, 0) is 11.1 Å². The summed E-state index contributed by atoms with van der Waals surface area (Å²) in [6.07, 6.45) is 5.55. The minimum atomic E-state index is -3.79. The molecule has 0 aliphatic heterocycles. The fourth-order valence-electron chi connectivity index (χ4n) is 3.21. The number of hydrogen-bond acceptors (Lipinski definition) is 8. The van der Waals surface area contributed by atoms with Crippen LogP contribution in [0.5, 0.6) is 0 Å². The largest absolute Gasteiger partial charge is 0.392 e. The first-order valence-corrected chi connectivity index (χ1v) is 13.1. The molecule has 14 heteroatoms. The molecule has 0 unspecified atom stereocenters. The maximum absolute atomic E-state index is 12.7. The van der Waals surface area contributed by atoms with Crippen LogP contribution in [0.15, 0.2) is 49.1 Å². The molecule has 3 aromatic rings. The fraction of sp³-hybridized carbons (Fsp3) is 0.400. The number of nitrogens with zero attached hydrogens (tertiary/aromatic N) is 7. The molecular weight excluding hydrogens is 482 g/mol. The molecule has 0 spiro atoms. The van der Waals surface area contributed by atoms with Crippen LogP contribution in [0.2, 0.25) is 0 Å². The van der Waals surface area contributed by atoms with E-state index in [4.69, 9.17) is 0 Å². The van der Waals surface area contributed by atoms with Gasteiger partial charge in [-0.1, -0.05) is 24.3 Å². The number of rotatable bonds is 11. The highest BCUT2D eigenvalue weighted by atomic mass is 32.2. The Morgan fingerprint density at radius 1 is 0.735 bits per heavy atom. The average molecular weight is 512 g/mol. The van der Waals surface area contributed by atoms with E-state index in [9.17, 15) is 21.9 Å². The van der Waals surface area contributed by atoms with Crippen molar-refractivity contribution < 1.29 is 21.9 Å². The van der Waals surface area contributed by atoms with Gasteiger partial charge in [0.25, 0.3) is 0 Å². The van der Waals surface area contributed by atoms with Crippen LogP contribution < -0.4 is 0 Å². The molecule has 0 radical (unpaired) electrons. The molecule has 0 saturated carbocycles. The van der Waals surface area contributed by atoms with Crippen molar-refractivity contribution in [1.29, 1.82) is 0 Å². The lowest BCUT2D eigenvalue weighted by molar-refractivity contribution is 0.234. The van der Waals surface area contributed by atoms with E-state index in [1.807, 2.05) is 17.0 Å². The first-order valence-electron chi connectivity index (χ1n) is 10.3. The third-order valence-electron chi connectivity index (χ3n) is 5.12. The SMILES string of the molecule is CN(C)S(=O)(=O)n1ccnc1CN(Cc1ccc(CO)cc1)Cc1nccn1S(=O)(=O)N(C)C. The first kappa shape index (κ1) is 26.0. The van der Waals surface area contributed by atoms with E-state index in [0.717, 1.165) is 27.7 Å². The minimum Gasteiger partial charge on any atom is -0.392 e. The van der Waals surface area contributed by atoms with Crippen LogP contribution in [-0.4, -0.2) is 81.6 Å². The zero-order valence-corrected chi connectivity index (χ0v) is 21.1. The Morgan fingerprint density at radius 2 is 1.15 bits per heavy atom. The third kappa shape index (κ3) is 5.54. The molecule has 1 N–H and O–H groups in total. The van der Waals surface area contributed by atoms with Crippen LogP contribution in [0, 0.1) is 0 Å². The summed E-state index contributed by atoms with van der Waals surface area (Å²) in [7, 11) is -1.84. The Balaban J connectivity index is 1.97. The Kier molecular flexibility index (Phi) is 7.90. The molecule has 0 bridgehead atoms. The minimum absolute atomic E-state index is 0.0797. The van der Waals surface area contributed by atoms with Crippen LogP contribution in [0.1, 0.15) is 22.8 Å². The summed E-state index contributed by atoms with van der Waals surface area (Å²) in [4.78, 5) is 10.3. The molecule has 3 rings (SSSR count). The Morgan fingerprint density at radius 3 is 1.53 bits per heavy atom. The zero-order valence-electron chi connectivity index (χ0n) is 19.5. The van der Waals surface area contributed by atoms with Crippen LogP contribution in [0.3, 0.4) is 0 Å². The predicted octanol–water partition coefficient (Wildman–Crippen LogP) is 0.0833. The standard InChI is InChI=1S/C20H29N7O5S2/c1-23(2)33(29,30)26-11-9-21-19(26)14-25(13-17-5-7-18(16-28)8-6-17)15-20-22-10-12-27(20)34(31,32)24(3)4/h5-12,28H,13-16H2,1-4H3. The number of hydrogen-bond donors (Lipinski definition) is 1. The van der Waals surface area contributed by atoms with Crippen LogP contribution in [0.25, 0.3) is 0 Å². The lowest BCUT2D eigenvalue weighted by Gasteiger charge is -2.24.